The van der Waals surface area contributed by atoms with E-state index in [-0.39, 0.29) is 44.5 Å². The van der Waals surface area contributed by atoms with Crippen LogP contribution in [0.25, 0.3) is 10.8 Å². The summed E-state index contributed by atoms with van der Waals surface area (Å²) in [5.74, 6) is -8.34. The Balaban J connectivity index is 1.70. The number of methoxy groups -OCH3 is 1. The first kappa shape index (κ1) is 44.9. The number of allylic oxidation sites excluding steroid dienone is 2. The molecule has 1 saturated heterocycles. The number of piperazine rings is 1. The fraction of sp³-hybridized carbons (Fsp3) is 0.535. The molecular weight excluding hydrogens is 764 g/mol. The number of hydrogen-bond donors (Lipinski definition) is 6. The minimum absolute atomic E-state index is 0.0559. The lowest BCUT2D eigenvalue weighted by Crippen LogP contribution is -2.46. The summed E-state index contributed by atoms with van der Waals surface area (Å²) in [6, 6.07) is 0. The summed E-state index contributed by atoms with van der Waals surface area (Å²) in [5, 5.41) is 66.8. The predicted molar refractivity (Wildman–Crippen MR) is 220 cm³/mol. The van der Waals surface area contributed by atoms with E-state index < -0.39 is 88.8 Å². The van der Waals surface area contributed by atoms with Crippen molar-refractivity contribution in [1.82, 2.24) is 9.91 Å². The molecule has 16 heteroatoms. The summed E-state index contributed by atoms with van der Waals surface area (Å²) >= 11 is 0. The van der Waals surface area contributed by atoms with E-state index in [1.165, 1.54) is 59.4 Å². The third-order valence-electron chi connectivity index (χ3n) is 11.9. The highest BCUT2D eigenvalue weighted by molar-refractivity contribution is 6.23. The molecule has 4 heterocycles. The van der Waals surface area contributed by atoms with Crippen molar-refractivity contribution >= 4 is 40.3 Å². The van der Waals surface area contributed by atoms with E-state index in [0.717, 1.165) is 13.1 Å². The van der Waals surface area contributed by atoms with E-state index >= 15 is 0 Å². The number of likely N-dealkylation sites (N-methyl/N-ethyl adjacent to an activating group) is 1. The van der Waals surface area contributed by atoms with Gasteiger partial charge in [-0.05, 0) is 27.0 Å². The molecule has 6 rings (SSSR count). The van der Waals surface area contributed by atoms with Gasteiger partial charge in [0.25, 0.3) is 11.7 Å². The van der Waals surface area contributed by atoms with Gasteiger partial charge in [0.1, 0.15) is 23.4 Å². The lowest BCUT2D eigenvalue weighted by Gasteiger charge is -2.38. The summed E-state index contributed by atoms with van der Waals surface area (Å²) < 4.78 is 23.6. The van der Waals surface area contributed by atoms with Crippen LogP contribution in [0.1, 0.15) is 70.0 Å². The van der Waals surface area contributed by atoms with Crippen molar-refractivity contribution in [3.63, 3.8) is 0 Å². The van der Waals surface area contributed by atoms with E-state index in [1.54, 1.807) is 44.9 Å². The third kappa shape index (κ3) is 8.91. The number of esters is 1. The largest absolute Gasteiger partial charge is 0.507 e. The van der Waals surface area contributed by atoms with Gasteiger partial charge in [-0.1, -0.05) is 45.9 Å². The lowest BCUT2D eigenvalue weighted by molar-refractivity contribution is -0.160. The van der Waals surface area contributed by atoms with Gasteiger partial charge in [0.05, 0.1) is 53.0 Å². The summed E-state index contributed by atoms with van der Waals surface area (Å²) in [4.78, 5) is 42.6. The first-order chi connectivity index (χ1) is 27.7. The molecule has 0 saturated carbocycles. The van der Waals surface area contributed by atoms with Crippen LogP contribution < -0.4 is 10.1 Å². The predicted octanol–water partition coefficient (Wildman–Crippen LogP) is 4.34. The van der Waals surface area contributed by atoms with E-state index in [1.807, 2.05) is 7.05 Å². The Hall–Kier alpha value is -5.16. The second kappa shape index (κ2) is 18.0. The number of phenolic OH excluding ortho intramolecular Hbond substituents is 3. The Morgan fingerprint density at radius 2 is 1.61 bits per heavy atom. The third-order valence-corrected chi connectivity index (χ3v) is 11.9. The number of carbonyl (C=O) groups is 3. The van der Waals surface area contributed by atoms with Crippen LogP contribution in [0.4, 0.5) is 5.69 Å². The van der Waals surface area contributed by atoms with Gasteiger partial charge in [-0.25, -0.2) is 0 Å². The van der Waals surface area contributed by atoms with Crippen molar-refractivity contribution in [2.45, 2.75) is 85.6 Å². The monoisotopic (exact) mass is 822 g/mol. The highest BCUT2D eigenvalue weighted by Crippen LogP contribution is 2.55. The molecule has 0 spiro atoms. The van der Waals surface area contributed by atoms with Crippen molar-refractivity contribution in [3.8, 4) is 23.0 Å². The van der Waals surface area contributed by atoms with Crippen LogP contribution in [0, 0.1) is 30.6 Å². The maximum atomic E-state index is 14.4. The number of hydrogen-bond acceptors (Lipinski definition) is 15. The second-order valence-corrected chi connectivity index (χ2v) is 16.1. The average molecular weight is 823 g/mol. The van der Waals surface area contributed by atoms with Gasteiger partial charge in [0, 0.05) is 87.3 Å². The smallest absolute Gasteiger partial charge is 0.312 e. The second-order valence-electron chi connectivity index (χ2n) is 16.1. The lowest BCUT2D eigenvalue weighted by atomic mass is 9.78. The molecule has 4 aliphatic rings. The number of rotatable bonds is 4. The maximum absolute atomic E-state index is 14.4. The number of carbonyl (C=O) groups excluding carboxylic acids is 3. The number of Topliss-reactive ketones (excluding diaryl/α,β-unsaturated/α-hetero) is 1. The quantitative estimate of drug-likeness (QED) is 0.109. The van der Waals surface area contributed by atoms with E-state index in [9.17, 15) is 39.9 Å². The molecule has 322 valence electrons. The summed E-state index contributed by atoms with van der Waals surface area (Å²) in [6.45, 7) is 15.1. The number of aromatic hydroxyl groups is 3. The Kier molecular flexibility index (Phi) is 13.7. The fourth-order valence-electron chi connectivity index (χ4n) is 7.92. The number of hydrazone groups is 1. The zero-order valence-corrected chi connectivity index (χ0v) is 35.3. The number of nitrogens with one attached hydrogen (secondary N) is 1. The molecule has 1 amide bonds. The van der Waals surface area contributed by atoms with E-state index in [2.05, 4.69) is 15.3 Å². The molecular formula is C43H58N4O12. The molecule has 5 bridgehead atoms. The van der Waals surface area contributed by atoms with Crippen molar-refractivity contribution in [2.24, 2.45) is 28.8 Å². The Morgan fingerprint density at radius 3 is 2.24 bits per heavy atom. The van der Waals surface area contributed by atoms with Crippen LogP contribution in [0.3, 0.4) is 0 Å². The van der Waals surface area contributed by atoms with Gasteiger partial charge in [-0.2, -0.15) is 5.10 Å². The molecule has 0 aliphatic carbocycles. The fourth-order valence-corrected chi connectivity index (χ4v) is 7.92. The van der Waals surface area contributed by atoms with Gasteiger partial charge in [-0.15, -0.1) is 0 Å². The molecule has 2 aromatic carbocycles. The number of amides is 1. The molecule has 4 aliphatic heterocycles. The van der Waals surface area contributed by atoms with Crippen molar-refractivity contribution < 1.29 is 58.9 Å². The normalized spacial score (nSPS) is 32.1. The summed E-state index contributed by atoms with van der Waals surface area (Å²) in [6.07, 6.45) is 4.86. The highest BCUT2D eigenvalue weighted by Gasteiger charge is 2.50. The van der Waals surface area contributed by atoms with Crippen LogP contribution in [0.15, 0.2) is 41.2 Å². The number of anilines is 1. The topological polar surface area (TPSA) is 220 Å². The molecule has 6 N–H and O–H groups in total. The van der Waals surface area contributed by atoms with Crippen LogP contribution in [0.2, 0.25) is 0 Å². The zero-order chi connectivity index (χ0) is 43.7. The summed E-state index contributed by atoms with van der Waals surface area (Å²) in [7, 11) is 3.42. The van der Waals surface area contributed by atoms with Gasteiger partial charge in [-0.3, -0.25) is 19.4 Å². The molecule has 1 fully saturated rings. The minimum atomic E-state index is -2.04. The molecule has 59 heavy (non-hydrogen) atoms. The van der Waals surface area contributed by atoms with Crippen molar-refractivity contribution in [2.75, 3.05) is 45.7 Å². The SMILES string of the molecule is CO[C@H]1/C=C/O[C@@]2(C)Oc3c(C)c(O)c4c(O)c(c(/C=N\N5CCN(C)CC5)c(O)c4c3C2=O)NC(=O)/C(C)=C/C=C/[C@H](C)[C@@H](O)[C@H](C)[C@@H](O)[C@H](C)[C@@H](OC(C)=O)[C@H]1C. The standard InChI is InChI=1S/C43H58N4O12/c1-21-12-11-13-22(2)42(55)45-33-28(20-44-47-17-15-46(9)16-18-47)37(52)30-31(38(33)53)36(51)26(6)40-32(30)41(54)43(8,59-40)57-19-14-29(56-10)23(3)39(58-27(7)48)25(5)35(50)24(4)34(21)49/h11-14,19-21,23-25,29,34-35,39,49-53H,15-18H2,1-10H3,(H,45,55)/b12-11+,19-14+,22-13+,44-20-/t21-,23-,24-,25-,29-,34+,35+,39-,43-/m0/s1. The number of phenols is 3. The molecule has 0 aromatic heterocycles. The molecule has 0 radical (unpaired) electrons. The molecule has 2 aromatic rings. The van der Waals surface area contributed by atoms with Gasteiger partial charge < -0.3 is 54.7 Å². The Morgan fingerprint density at radius 1 is 0.949 bits per heavy atom. The Labute approximate surface area is 344 Å². The van der Waals surface area contributed by atoms with Crippen molar-refractivity contribution in [1.29, 1.82) is 0 Å². The number of nitrogens with zero attached hydrogens (tertiary/aromatic N) is 3. The van der Waals surface area contributed by atoms with E-state index in [4.69, 9.17) is 18.9 Å². The highest BCUT2D eigenvalue weighted by atomic mass is 16.7. The van der Waals surface area contributed by atoms with Crippen LogP contribution in [0.5, 0.6) is 23.0 Å². The van der Waals surface area contributed by atoms with Gasteiger partial charge >= 0.3 is 11.8 Å². The minimum Gasteiger partial charge on any atom is -0.507 e. The van der Waals surface area contributed by atoms with Gasteiger partial charge in [0.15, 0.2) is 5.75 Å². The number of ketones is 1. The number of ether oxygens (including phenoxy) is 4. The molecule has 16 nitrogen and oxygen atoms in total. The Bertz CT molecular complexity index is 2070. The van der Waals surface area contributed by atoms with E-state index in [0.29, 0.717) is 13.1 Å². The van der Waals surface area contributed by atoms with Crippen LogP contribution in [-0.4, -0.2) is 130 Å². The zero-order valence-electron chi connectivity index (χ0n) is 35.3. The molecule has 9 atom stereocenters. The van der Waals surface area contributed by atoms with Gasteiger partial charge in [0.2, 0.25) is 0 Å². The first-order valence-electron chi connectivity index (χ1n) is 19.8. The number of aliphatic hydroxyl groups excluding tert-OH is 2. The number of aliphatic hydroxyl groups is 2. The van der Waals surface area contributed by atoms with Crippen LogP contribution in [-0.2, 0) is 23.8 Å². The maximum Gasteiger partial charge on any atom is 0.312 e. The first-order valence-corrected chi connectivity index (χ1v) is 19.8. The van der Waals surface area contributed by atoms with Crippen LogP contribution >= 0.6 is 0 Å². The summed E-state index contributed by atoms with van der Waals surface area (Å²) in [5.41, 5.74) is -0.350. The number of benzene rings is 2. The number of fused-ring (bicyclic) bond motifs is 14. The molecule has 0 unspecified atom stereocenters. The average Bonchev–Trinajstić information content (AvgIpc) is 3.46. The van der Waals surface area contributed by atoms with Crippen molar-refractivity contribution in [3.05, 3.63) is 52.8 Å².